The van der Waals surface area contributed by atoms with Gasteiger partial charge in [0.05, 0.1) is 5.88 Å². The number of fused-ring (bicyclic) bond motifs is 1. The third-order valence-corrected chi connectivity index (χ3v) is 7.26. The third-order valence-electron chi connectivity index (χ3n) is 5.42. The summed E-state index contributed by atoms with van der Waals surface area (Å²) in [5, 5.41) is 33.5. The zero-order valence-electron chi connectivity index (χ0n) is 17.4. The van der Waals surface area contributed by atoms with Crippen molar-refractivity contribution in [1.82, 2.24) is 10.2 Å². The van der Waals surface area contributed by atoms with Crippen LogP contribution < -0.4 is 5.32 Å². The molecule has 0 radical (unpaired) electrons. The Bertz CT molecular complexity index is 1040. The maximum Gasteiger partial charge on any atom is 0.339 e. The van der Waals surface area contributed by atoms with Crippen molar-refractivity contribution < 1.29 is 39.2 Å². The average Bonchev–Trinajstić information content (AvgIpc) is 2.85. The van der Waals surface area contributed by atoms with E-state index in [0.29, 0.717) is 0 Å². The first kappa shape index (κ1) is 25.5. The van der Waals surface area contributed by atoms with E-state index < -0.39 is 70.6 Å². The average molecular weight is 514 g/mol. The molecule has 2 amide bonds. The zero-order chi connectivity index (χ0) is 25.0. The van der Waals surface area contributed by atoms with E-state index in [2.05, 4.69) is 10.5 Å². The van der Waals surface area contributed by atoms with E-state index in [1.54, 1.807) is 18.2 Å². The second-order valence-corrected chi connectivity index (χ2v) is 9.02. The van der Waals surface area contributed by atoms with Crippen molar-refractivity contribution in [3.63, 3.8) is 0 Å². The van der Waals surface area contributed by atoms with E-state index in [9.17, 15) is 39.4 Å². The highest BCUT2D eigenvalue weighted by molar-refractivity contribution is 8.00. The second kappa shape index (κ2) is 10.4. The number of hydrogen-bond donors (Lipinski definition) is 4. The van der Waals surface area contributed by atoms with Gasteiger partial charge in [-0.15, -0.1) is 28.3 Å². The lowest BCUT2D eigenvalue weighted by molar-refractivity contribution is -0.169. The number of allylic oxidation sites excluding steroid dienone is 1. The van der Waals surface area contributed by atoms with Crippen molar-refractivity contribution >= 4 is 47.1 Å². The fraction of sp³-hybridized carbons (Fsp3) is 0.400. The van der Waals surface area contributed by atoms with Crippen LogP contribution in [0.15, 0.2) is 47.0 Å². The largest absolute Gasteiger partial charge is 0.508 e. The molecule has 3 unspecified atom stereocenters. The number of carbonyl (C=O) groups is 4. The third kappa shape index (κ3) is 4.86. The Kier molecular flexibility index (Phi) is 7.79. The number of aliphatic hydroxyl groups is 2. The Morgan fingerprint density at radius 2 is 1.97 bits per heavy atom. The maximum atomic E-state index is 12.6. The van der Waals surface area contributed by atoms with E-state index in [1.807, 2.05) is 0 Å². The summed E-state index contributed by atoms with van der Waals surface area (Å²) in [6, 6.07) is 6.89. The number of halogens is 1. The number of β-lactam (4-membered cyclic amide) rings is 1. The molecule has 0 aliphatic carbocycles. The van der Waals surface area contributed by atoms with E-state index in [4.69, 9.17) is 16.3 Å². The Balaban J connectivity index is 1.64. The molecular weight excluding hydrogens is 494 g/mol. The maximum absolute atomic E-state index is 12.6. The van der Waals surface area contributed by atoms with Crippen molar-refractivity contribution in [2.24, 2.45) is 10.6 Å². The molecular formula is C20H20ClN3O9S. The first-order chi connectivity index (χ1) is 16.1. The number of carboxylic acid groups (broad SMARTS) is 1. The number of rotatable bonds is 9. The first-order valence-electron chi connectivity index (χ1n) is 9.82. The summed E-state index contributed by atoms with van der Waals surface area (Å²) in [6.07, 6.45) is -1.60. The van der Waals surface area contributed by atoms with E-state index in [1.165, 1.54) is 17.0 Å². The number of nitroso groups, excluding NO2 is 1. The van der Waals surface area contributed by atoms with Crippen LogP contribution >= 0.6 is 23.4 Å². The number of nitrogens with zero attached hydrogens (tertiary/aromatic N) is 2. The molecule has 14 heteroatoms. The molecule has 0 spiro atoms. The van der Waals surface area contributed by atoms with Crippen molar-refractivity contribution in [3.8, 4) is 0 Å². The predicted octanol–water partition coefficient (Wildman–Crippen LogP) is 0.509. The van der Waals surface area contributed by atoms with Crippen LogP contribution in [-0.2, 0) is 23.9 Å². The smallest absolute Gasteiger partial charge is 0.339 e. The number of aliphatic hydroxyl groups excluding tert-OH is 2. The number of aliphatic carboxylic acids is 1. The summed E-state index contributed by atoms with van der Waals surface area (Å²) in [5.41, 5.74) is -2.21. The molecule has 1 aromatic rings. The Morgan fingerprint density at radius 3 is 2.56 bits per heavy atom. The number of nitrogens with one attached hydrogen (secondary N) is 1. The molecule has 3 rings (SSSR count). The summed E-state index contributed by atoms with van der Waals surface area (Å²) in [6.45, 7) is -0.890. The van der Waals surface area contributed by atoms with Gasteiger partial charge in [-0.2, -0.15) is 0 Å². The predicted molar refractivity (Wildman–Crippen MR) is 118 cm³/mol. The van der Waals surface area contributed by atoms with Gasteiger partial charge in [0.25, 0.3) is 5.91 Å². The molecule has 4 N–H and O–H groups in total. The standard InChI is InChI=1S/C20H20ClN3O9S/c21-6-11(25)12(23-32)15(27)22-13-16(28)24-7-20(19(30)31,9-34-17(13)24)8-33-18(29)14(26)10-4-2-1-3-5-10/h1-5,13-14,17,25-26H,6-9H2,(H,22,27)(H,30,31)/t13?,14?,17-,20?/m1/s1. The minimum atomic E-state index is -1.63. The molecule has 0 saturated carbocycles. The quantitative estimate of drug-likeness (QED) is 0.0905. The lowest BCUT2D eigenvalue weighted by Gasteiger charge is -2.53. The summed E-state index contributed by atoms with van der Waals surface area (Å²) >= 11 is 6.42. The van der Waals surface area contributed by atoms with Crippen molar-refractivity contribution in [2.45, 2.75) is 17.5 Å². The number of carbonyl (C=O) groups excluding carboxylic acids is 3. The van der Waals surface area contributed by atoms with Gasteiger partial charge in [-0.3, -0.25) is 14.4 Å². The molecule has 2 fully saturated rings. The topological polar surface area (TPSA) is 183 Å². The second-order valence-electron chi connectivity index (χ2n) is 7.65. The number of benzene rings is 1. The van der Waals surface area contributed by atoms with Crippen LogP contribution in [0.1, 0.15) is 11.7 Å². The highest BCUT2D eigenvalue weighted by Gasteiger charge is 2.58. The van der Waals surface area contributed by atoms with Crippen LogP contribution in [0, 0.1) is 10.3 Å². The fourth-order valence-corrected chi connectivity index (χ4v) is 5.11. The highest BCUT2D eigenvalue weighted by Crippen LogP contribution is 2.42. The molecule has 34 heavy (non-hydrogen) atoms. The van der Waals surface area contributed by atoms with E-state index in [-0.39, 0.29) is 17.9 Å². The van der Waals surface area contributed by atoms with Gasteiger partial charge in [-0.25, -0.2) is 4.79 Å². The SMILES string of the molecule is O=NC(C(=O)NC1C(=O)N2CC(COC(=O)C(O)c3ccccc3)(C(=O)O)CS[C@H]12)=C(O)CCl. The van der Waals surface area contributed by atoms with E-state index in [0.717, 1.165) is 11.8 Å². The van der Waals surface area contributed by atoms with Gasteiger partial charge in [0.1, 0.15) is 29.2 Å². The van der Waals surface area contributed by atoms with Gasteiger partial charge in [0.15, 0.2) is 6.10 Å². The van der Waals surface area contributed by atoms with Crippen LogP contribution in [0.3, 0.4) is 0 Å². The summed E-state index contributed by atoms with van der Waals surface area (Å²) in [5.74, 6) is -5.40. The molecule has 2 saturated heterocycles. The monoisotopic (exact) mass is 513 g/mol. The van der Waals surface area contributed by atoms with Gasteiger partial charge >= 0.3 is 11.9 Å². The number of esters is 1. The minimum Gasteiger partial charge on any atom is -0.508 e. The molecule has 2 aliphatic rings. The van der Waals surface area contributed by atoms with Gasteiger partial charge in [0, 0.05) is 12.3 Å². The van der Waals surface area contributed by atoms with Gasteiger partial charge in [-0.05, 0) is 10.7 Å². The van der Waals surface area contributed by atoms with Crippen LogP contribution in [-0.4, -0.2) is 80.2 Å². The molecule has 2 heterocycles. The molecule has 2 aliphatic heterocycles. The summed E-state index contributed by atoms with van der Waals surface area (Å²) < 4.78 is 5.10. The van der Waals surface area contributed by atoms with Crippen molar-refractivity contribution in [2.75, 3.05) is 24.8 Å². The number of amides is 2. The molecule has 0 aromatic heterocycles. The normalized spacial score (nSPS) is 25.2. The number of alkyl halides is 1. The number of thioether (sulfide) groups is 1. The number of ether oxygens (including phenoxy) is 1. The Labute approximate surface area is 201 Å². The molecule has 0 bridgehead atoms. The molecule has 1 aromatic carbocycles. The van der Waals surface area contributed by atoms with Crippen molar-refractivity contribution in [3.05, 3.63) is 52.3 Å². The fourth-order valence-electron chi connectivity index (χ4n) is 3.46. The lowest BCUT2D eigenvalue weighted by atomic mass is 9.88. The van der Waals surface area contributed by atoms with Crippen LogP contribution in [0.25, 0.3) is 0 Å². The highest BCUT2D eigenvalue weighted by atomic mass is 35.5. The molecule has 4 atom stereocenters. The van der Waals surface area contributed by atoms with Crippen LogP contribution in [0.5, 0.6) is 0 Å². The molecule has 182 valence electrons. The minimum absolute atomic E-state index is 0.0700. The zero-order valence-corrected chi connectivity index (χ0v) is 19.0. The lowest BCUT2D eigenvalue weighted by Crippen LogP contribution is -2.74. The van der Waals surface area contributed by atoms with Crippen molar-refractivity contribution in [1.29, 1.82) is 0 Å². The van der Waals surface area contributed by atoms with Crippen LogP contribution in [0.4, 0.5) is 0 Å². The molecule has 12 nitrogen and oxygen atoms in total. The number of carboxylic acids is 1. The van der Waals surface area contributed by atoms with Gasteiger partial charge in [-0.1, -0.05) is 30.3 Å². The van der Waals surface area contributed by atoms with Crippen LogP contribution in [0.2, 0.25) is 0 Å². The van der Waals surface area contributed by atoms with Gasteiger partial charge < -0.3 is 30.3 Å². The Morgan fingerprint density at radius 1 is 1.29 bits per heavy atom. The first-order valence-corrected chi connectivity index (χ1v) is 11.4. The van der Waals surface area contributed by atoms with E-state index >= 15 is 0 Å². The summed E-state index contributed by atoms with van der Waals surface area (Å²) in [4.78, 5) is 61.0. The van der Waals surface area contributed by atoms with Gasteiger partial charge in [0.2, 0.25) is 11.6 Å². The number of hydrogen-bond acceptors (Lipinski definition) is 10. The Hall–Kier alpha value is -3.16. The summed E-state index contributed by atoms with van der Waals surface area (Å²) in [7, 11) is 0.